The number of sulfone groups is 1. The second-order valence-electron chi connectivity index (χ2n) is 3.86. The molecule has 0 aliphatic carbocycles. The van der Waals surface area contributed by atoms with E-state index < -0.39 is 33.1 Å². The van der Waals surface area contributed by atoms with Gasteiger partial charge in [0.05, 0.1) is 7.11 Å². The number of carbonyl (C=O) groups excluding carboxylic acids is 2. The van der Waals surface area contributed by atoms with Crippen LogP contribution in [0.2, 0.25) is 0 Å². The molecule has 0 radical (unpaired) electrons. The van der Waals surface area contributed by atoms with Gasteiger partial charge in [-0.1, -0.05) is 0 Å². The zero-order valence-electron chi connectivity index (χ0n) is 10.3. The van der Waals surface area contributed by atoms with Gasteiger partial charge in [-0.2, -0.15) is 0 Å². The predicted molar refractivity (Wildman–Crippen MR) is 68.8 cm³/mol. The molecule has 5 nitrogen and oxygen atoms in total. The number of aryl methyl sites for hydroxylation is 2. The van der Waals surface area contributed by atoms with Gasteiger partial charge in [-0.3, -0.25) is 9.59 Å². The summed E-state index contributed by atoms with van der Waals surface area (Å²) in [4.78, 5) is 24.5. The minimum Gasteiger partial charge on any atom is -0.468 e. The molecule has 0 spiro atoms. The lowest BCUT2D eigenvalue weighted by atomic mass is 10.2. The van der Waals surface area contributed by atoms with Crippen molar-refractivity contribution in [3.8, 4) is 0 Å². The molecule has 0 unspecified atom stereocenters. The average Bonchev–Trinajstić information content (AvgIpc) is 2.56. The molecule has 100 valence electrons. The summed E-state index contributed by atoms with van der Waals surface area (Å²) in [6, 6.07) is 1.66. The van der Waals surface area contributed by atoms with Gasteiger partial charge in [-0.25, -0.2) is 8.42 Å². The van der Waals surface area contributed by atoms with Crippen LogP contribution in [0.5, 0.6) is 0 Å². The first-order valence-corrected chi connectivity index (χ1v) is 7.76. The van der Waals surface area contributed by atoms with Gasteiger partial charge >= 0.3 is 5.97 Å². The Morgan fingerprint density at radius 2 is 1.89 bits per heavy atom. The molecule has 0 saturated heterocycles. The van der Waals surface area contributed by atoms with Crippen LogP contribution in [0.25, 0.3) is 0 Å². The second kappa shape index (κ2) is 5.62. The summed E-state index contributed by atoms with van der Waals surface area (Å²) in [5, 5.41) is 0. The molecule has 0 aromatic carbocycles. The molecule has 0 fully saturated rings. The number of Topliss-reactive ketones (excluding diaryl/α,β-unsaturated/α-hetero) is 1. The van der Waals surface area contributed by atoms with E-state index in [9.17, 15) is 18.0 Å². The number of carbonyl (C=O) groups is 2. The van der Waals surface area contributed by atoms with Crippen molar-refractivity contribution in [3.05, 3.63) is 21.4 Å². The third-order valence-electron chi connectivity index (χ3n) is 2.26. The second-order valence-corrected chi connectivity index (χ2v) is 7.38. The fraction of sp³-hybridized carbons (Fsp3) is 0.455. The number of rotatable bonds is 5. The molecule has 0 atom stereocenters. The lowest BCUT2D eigenvalue weighted by Gasteiger charge is -2.02. The number of methoxy groups -OCH3 is 1. The third-order valence-corrected chi connectivity index (χ3v) is 4.60. The van der Waals surface area contributed by atoms with Crippen LogP contribution >= 0.6 is 11.3 Å². The highest BCUT2D eigenvalue weighted by Gasteiger charge is 2.23. The van der Waals surface area contributed by atoms with Gasteiger partial charge in [0.1, 0.15) is 11.5 Å². The molecule has 0 aliphatic heterocycles. The standard InChI is InChI=1S/C11H14O5S2/c1-7-4-9(8(2)17-7)10(12)5-18(14,15)6-11(13)16-3/h4H,5-6H2,1-3H3. The van der Waals surface area contributed by atoms with Gasteiger partial charge in [-0.05, 0) is 19.9 Å². The molecule has 1 aromatic heterocycles. The predicted octanol–water partition coefficient (Wildman–Crippen LogP) is 1.14. The Balaban J connectivity index is 2.82. The zero-order valence-corrected chi connectivity index (χ0v) is 12.0. The van der Waals surface area contributed by atoms with E-state index in [1.54, 1.807) is 13.0 Å². The summed E-state index contributed by atoms with van der Waals surface area (Å²) < 4.78 is 27.4. The molecule has 7 heteroatoms. The first-order valence-electron chi connectivity index (χ1n) is 5.12. The van der Waals surface area contributed by atoms with Gasteiger partial charge in [0.15, 0.2) is 15.6 Å². The maximum atomic E-state index is 11.8. The van der Waals surface area contributed by atoms with Crippen LogP contribution in [0.15, 0.2) is 6.07 Å². The first-order chi connectivity index (χ1) is 8.25. The summed E-state index contributed by atoms with van der Waals surface area (Å²) in [5.74, 6) is -2.78. The molecule has 0 bridgehead atoms. The Morgan fingerprint density at radius 3 is 2.33 bits per heavy atom. The minimum atomic E-state index is -3.77. The fourth-order valence-electron chi connectivity index (χ4n) is 1.47. The van der Waals surface area contributed by atoms with Crippen molar-refractivity contribution in [1.29, 1.82) is 0 Å². The Bertz CT molecular complexity index is 568. The summed E-state index contributed by atoms with van der Waals surface area (Å²) in [6.07, 6.45) is 0. The Kier molecular flexibility index (Phi) is 4.64. The summed E-state index contributed by atoms with van der Waals surface area (Å²) in [6.45, 7) is 3.61. The molecule has 1 rings (SSSR count). The molecular formula is C11H14O5S2. The molecule has 0 N–H and O–H groups in total. The average molecular weight is 290 g/mol. The van der Waals surface area contributed by atoms with Crippen molar-refractivity contribution >= 4 is 32.9 Å². The molecule has 0 saturated carbocycles. The maximum Gasteiger partial charge on any atom is 0.320 e. The van der Waals surface area contributed by atoms with E-state index in [1.807, 2.05) is 6.92 Å². The van der Waals surface area contributed by atoms with Crippen LogP contribution in [0, 0.1) is 13.8 Å². The first kappa shape index (κ1) is 14.8. The smallest absolute Gasteiger partial charge is 0.320 e. The largest absolute Gasteiger partial charge is 0.468 e. The van der Waals surface area contributed by atoms with Crippen molar-refractivity contribution in [1.82, 2.24) is 0 Å². The normalized spacial score (nSPS) is 11.3. The molecule has 0 aliphatic rings. The summed E-state index contributed by atoms with van der Waals surface area (Å²) in [5.41, 5.74) is 0.408. The SMILES string of the molecule is COC(=O)CS(=O)(=O)CC(=O)c1cc(C)sc1C. The van der Waals surface area contributed by atoms with Gasteiger partial charge in [0, 0.05) is 15.3 Å². The molecule has 0 amide bonds. The van der Waals surface area contributed by atoms with E-state index in [0.717, 1.165) is 16.9 Å². The zero-order chi connectivity index (χ0) is 13.9. The quantitative estimate of drug-likeness (QED) is 0.600. The number of esters is 1. The lowest BCUT2D eigenvalue weighted by molar-refractivity contribution is -0.137. The maximum absolute atomic E-state index is 11.8. The minimum absolute atomic E-state index is 0.408. The molecule has 18 heavy (non-hydrogen) atoms. The molecule has 1 aromatic rings. The van der Waals surface area contributed by atoms with E-state index in [4.69, 9.17) is 0 Å². The number of ketones is 1. The number of hydrogen-bond acceptors (Lipinski definition) is 6. The van der Waals surface area contributed by atoms with Crippen LogP contribution in [0.1, 0.15) is 20.1 Å². The van der Waals surface area contributed by atoms with E-state index in [2.05, 4.69) is 4.74 Å². The highest BCUT2D eigenvalue weighted by molar-refractivity contribution is 7.92. The van der Waals surface area contributed by atoms with Crippen LogP contribution in [-0.4, -0.2) is 38.8 Å². The summed E-state index contributed by atoms with van der Waals surface area (Å²) >= 11 is 1.43. The highest BCUT2D eigenvalue weighted by atomic mass is 32.2. The number of ether oxygens (including phenoxy) is 1. The van der Waals surface area contributed by atoms with Crippen molar-refractivity contribution in [2.24, 2.45) is 0 Å². The Hall–Kier alpha value is -1.21. The fourth-order valence-corrected chi connectivity index (χ4v) is 3.55. The van der Waals surface area contributed by atoms with Gasteiger partial charge < -0.3 is 4.74 Å². The highest BCUT2D eigenvalue weighted by Crippen LogP contribution is 2.21. The van der Waals surface area contributed by atoms with Crippen molar-refractivity contribution in [2.75, 3.05) is 18.6 Å². The van der Waals surface area contributed by atoms with Crippen molar-refractivity contribution < 1.29 is 22.7 Å². The van der Waals surface area contributed by atoms with E-state index in [0.29, 0.717) is 5.56 Å². The van der Waals surface area contributed by atoms with Crippen molar-refractivity contribution in [3.63, 3.8) is 0 Å². The van der Waals surface area contributed by atoms with Crippen LogP contribution < -0.4 is 0 Å². The lowest BCUT2D eigenvalue weighted by Crippen LogP contribution is -2.24. The topological polar surface area (TPSA) is 77.5 Å². The van der Waals surface area contributed by atoms with Crippen LogP contribution in [0.4, 0.5) is 0 Å². The van der Waals surface area contributed by atoms with E-state index >= 15 is 0 Å². The Morgan fingerprint density at radius 1 is 1.28 bits per heavy atom. The molecule has 1 heterocycles. The van der Waals surface area contributed by atoms with Gasteiger partial charge in [-0.15, -0.1) is 11.3 Å². The number of thiophene rings is 1. The van der Waals surface area contributed by atoms with Gasteiger partial charge in [0.25, 0.3) is 0 Å². The monoisotopic (exact) mass is 290 g/mol. The number of hydrogen-bond donors (Lipinski definition) is 0. The molecular weight excluding hydrogens is 276 g/mol. The Labute approximate surface area is 110 Å². The van der Waals surface area contributed by atoms with Gasteiger partial charge in [0.2, 0.25) is 0 Å². The van der Waals surface area contributed by atoms with E-state index in [-0.39, 0.29) is 0 Å². The van der Waals surface area contributed by atoms with Crippen molar-refractivity contribution in [2.45, 2.75) is 13.8 Å². The summed E-state index contributed by atoms with van der Waals surface area (Å²) in [7, 11) is -2.66. The van der Waals surface area contributed by atoms with Crippen LogP contribution in [0.3, 0.4) is 0 Å². The van der Waals surface area contributed by atoms with E-state index in [1.165, 1.54) is 11.3 Å². The van der Waals surface area contributed by atoms with Crippen LogP contribution in [-0.2, 0) is 19.4 Å². The third kappa shape index (κ3) is 3.92.